The lowest BCUT2D eigenvalue weighted by Crippen LogP contribution is -2.47. The number of rotatable bonds is 13. The van der Waals surface area contributed by atoms with Crippen molar-refractivity contribution in [2.45, 2.75) is 38.5 Å². The Balaban J connectivity index is 1.23. The maximum absolute atomic E-state index is 12.9. The van der Waals surface area contributed by atoms with Crippen molar-refractivity contribution in [1.29, 1.82) is 0 Å². The number of hydrogen-bond acceptors (Lipinski definition) is 7. The molecule has 0 saturated heterocycles. The number of amides is 1. The van der Waals surface area contributed by atoms with Crippen LogP contribution in [0, 0.1) is 5.41 Å². The van der Waals surface area contributed by atoms with Crippen molar-refractivity contribution >= 4 is 12.0 Å². The lowest BCUT2D eigenvalue weighted by atomic mass is 9.70. The fourth-order valence-corrected chi connectivity index (χ4v) is 5.44. The zero-order valence-corrected chi connectivity index (χ0v) is 23.6. The second kappa shape index (κ2) is 13.4. The number of nitrogens with zero attached hydrogens (tertiary/aromatic N) is 2. The minimum absolute atomic E-state index is 0.0550. The third kappa shape index (κ3) is 6.67. The minimum atomic E-state index is -1.24. The average molecular weight is 565 g/mol. The summed E-state index contributed by atoms with van der Waals surface area (Å²) in [6.45, 7) is 3.24. The van der Waals surface area contributed by atoms with Gasteiger partial charge in [-0.2, -0.15) is 0 Å². The molecule has 8 nitrogen and oxygen atoms in total. The fourth-order valence-electron chi connectivity index (χ4n) is 5.44. The van der Waals surface area contributed by atoms with Gasteiger partial charge >= 0.3 is 0 Å². The van der Waals surface area contributed by atoms with E-state index in [1.807, 2.05) is 91.9 Å². The number of aliphatic hydroxyl groups is 1. The smallest absolute Gasteiger partial charge is 0.231 e. The Morgan fingerprint density at radius 2 is 1.76 bits per heavy atom. The van der Waals surface area contributed by atoms with Crippen molar-refractivity contribution in [1.82, 2.24) is 15.3 Å². The number of hydrogen-bond donors (Lipinski definition) is 3. The molecule has 0 fully saturated rings. The summed E-state index contributed by atoms with van der Waals surface area (Å²) in [5, 5.41) is 14.7. The molecule has 2 aromatic carbocycles. The highest BCUT2D eigenvalue weighted by Crippen LogP contribution is 2.43. The first-order chi connectivity index (χ1) is 20.5. The van der Waals surface area contributed by atoms with Crippen LogP contribution in [0.4, 0.5) is 0 Å². The molecule has 0 spiro atoms. The number of aliphatic hydroxyl groups excluding tert-OH is 1. The molecule has 0 aliphatic heterocycles. The van der Waals surface area contributed by atoms with Crippen LogP contribution in [-0.2, 0) is 22.6 Å². The van der Waals surface area contributed by atoms with Crippen LogP contribution in [0.1, 0.15) is 47.5 Å². The van der Waals surface area contributed by atoms with Gasteiger partial charge < -0.3 is 25.6 Å². The van der Waals surface area contributed by atoms with Gasteiger partial charge in [0.15, 0.2) is 0 Å². The Morgan fingerprint density at radius 1 is 1.00 bits per heavy atom. The van der Waals surface area contributed by atoms with Gasteiger partial charge in [0.2, 0.25) is 5.91 Å². The summed E-state index contributed by atoms with van der Waals surface area (Å²) in [4.78, 5) is 21.7. The minimum Gasteiger partial charge on any atom is -0.511 e. The van der Waals surface area contributed by atoms with E-state index in [1.165, 1.54) is 0 Å². The molecular formula is C34H36N4O4. The van der Waals surface area contributed by atoms with E-state index in [1.54, 1.807) is 18.5 Å². The first-order valence-electron chi connectivity index (χ1n) is 14.1. The van der Waals surface area contributed by atoms with Gasteiger partial charge in [0.1, 0.15) is 29.6 Å². The first-order valence-corrected chi connectivity index (χ1v) is 14.1. The van der Waals surface area contributed by atoms with Gasteiger partial charge in [0, 0.05) is 30.5 Å². The van der Waals surface area contributed by atoms with Gasteiger partial charge in [-0.3, -0.25) is 14.8 Å². The fraction of sp³-hybridized carbons (Fsp3) is 0.265. The number of primary amides is 1. The SMILES string of the molecule is CC(CC1(C(N)=O)Cc2cccc(OCc3ccccn3)c2C=C1O)NCCOC(c1ccccc1)c1ccccn1. The normalized spacial score (nSPS) is 17.5. The lowest BCUT2D eigenvalue weighted by Gasteiger charge is -2.36. The number of nitrogens with two attached hydrogens (primary N) is 1. The standard InChI is InChI=1S/C34H36N4O4/c1-24(36-18-19-41-32(25-10-3-2-4-11-25)29-14-6-8-17-38-29)21-34(33(35)40)22-26-12-9-15-30(28(26)20-31(34)39)42-23-27-13-5-7-16-37-27/h2-17,20,24,32,36,39H,18-19,21-23H2,1H3,(H2,35,40). The van der Waals surface area contributed by atoms with Gasteiger partial charge in [-0.05, 0) is 67.3 Å². The quantitative estimate of drug-likeness (QED) is 0.192. The van der Waals surface area contributed by atoms with Gasteiger partial charge in [0.05, 0.1) is 18.0 Å². The highest BCUT2D eigenvalue weighted by Gasteiger charge is 2.45. The second-order valence-electron chi connectivity index (χ2n) is 10.6. The van der Waals surface area contributed by atoms with Gasteiger partial charge in [0.25, 0.3) is 0 Å². The summed E-state index contributed by atoms with van der Waals surface area (Å²) in [5.74, 6) is -0.00143. The van der Waals surface area contributed by atoms with E-state index < -0.39 is 11.3 Å². The van der Waals surface area contributed by atoms with Crippen molar-refractivity contribution in [2.24, 2.45) is 11.1 Å². The molecule has 1 aliphatic carbocycles. The molecule has 4 N–H and O–H groups in total. The molecule has 3 atom stereocenters. The highest BCUT2D eigenvalue weighted by molar-refractivity contribution is 5.87. The summed E-state index contributed by atoms with van der Waals surface area (Å²) in [6, 6.07) is 27.0. The molecule has 5 rings (SSSR count). The Hall–Kier alpha value is -4.53. The average Bonchev–Trinajstić information content (AvgIpc) is 3.01. The van der Waals surface area contributed by atoms with Crippen LogP contribution < -0.4 is 15.8 Å². The highest BCUT2D eigenvalue weighted by atomic mass is 16.5. The first kappa shape index (κ1) is 29.0. The van der Waals surface area contributed by atoms with Gasteiger partial charge in [-0.1, -0.05) is 54.6 Å². The molecule has 42 heavy (non-hydrogen) atoms. The molecule has 3 unspecified atom stereocenters. The van der Waals surface area contributed by atoms with Crippen molar-refractivity contribution in [3.63, 3.8) is 0 Å². The Bertz CT molecular complexity index is 1460. The third-order valence-electron chi connectivity index (χ3n) is 7.59. The molecule has 4 aromatic rings. The summed E-state index contributed by atoms with van der Waals surface area (Å²) < 4.78 is 12.3. The number of carbonyl (C=O) groups is 1. The molecular weight excluding hydrogens is 528 g/mol. The number of benzene rings is 2. The summed E-state index contributed by atoms with van der Waals surface area (Å²) >= 11 is 0. The molecule has 8 heteroatoms. The molecule has 2 heterocycles. The van der Waals surface area contributed by atoms with E-state index in [9.17, 15) is 9.90 Å². The van der Waals surface area contributed by atoms with E-state index in [-0.39, 0.29) is 24.3 Å². The number of pyridine rings is 2. The molecule has 0 saturated carbocycles. The van der Waals surface area contributed by atoms with Crippen molar-refractivity contribution in [3.05, 3.63) is 131 Å². The van der Waals surface area contributed by atoms with E-state index in [4.69, 9.17) is 15.2 Å². The topological polar surface area (TPSA) is 120 Å². The van der Waals surface area contributed by atoms with Crippen LogP contribution >= 0.6 is 0 Å². The summed E-state index contributed by atoms with van der Waals surface area (Å²) in [6.07, 6.45) is 5.40. The van der Waals surface area contributed by atoms with Crippen LogP contribution in [0.2, 0.25) is 0 Å². The van der Waals surface area contributed by atoms with Crippen molar-refractivity contribution in [2.75, 3.05) is 13.2 Å². The van der Waals surface area contributed by atoms with E-state index in [0.717, 1.165) is 28.1 Å². The van der Waals surface area contributed by atoms with Crippen molar-refractivity contribution in [3.8, 4) is 5.75 Å². The van der Waals surface area contributed by atoms with Crippen LogP contribution in [0.25, 0.3) is 6.08 Å². The summed E-state index contributed by atoms with van der Waals surface area (Å²) in [7, 11) is 0. The largest absolute Gasteiger partial charge is 0.511 e. The predicted octanol–water partition coefficient (Wildman–Crippen LogP) is 5.16. The van der Waals surface area contributed by atoms with E-state index in [2.05, 4.69) is 15.3 Å². The molecule has 1 amide bonds. The number of fused-ring (bicyclic) bond motifs is 1. The van der Waals surface area contributed by atoms with Crippen LogP contribution in [0.15, 0.2) is 103 Å². The molecule has 216 valence electrons. The number of ether oxygens (including phenoxy) is 2. The zero-order chi connectivity index (χ0) is 29.4. The predicted molar refractivity (Wildman–Crippen MR) is 162 cm³/mol. The van der Waals surface area contributed by atoms with Gasteiger partial charge in [-0.25, -0.2) is 0 Å². The van der Waals surface area contributed by atoms with Crippen LogP contribution in [0.5, 0.6) is 5.75 Å². The summed E-state index contributed by atoms with van der Waals surface area (Å²) in [5.41, 5.74) is 9.02. The monoisotopic (exact) mass is 564 g/mol. The number of carbonyl (C=O) groups excluding carboxylic acids is 1. The van der Waals surface area contributed by atoms with Crippen LogP contribution in [-0.4, -0.2) is 40.2 Å². The van der Waals surface area contributed by atoms with E-state index >= 15 is 0 Å². The maximum Gasteiger partial charge on any atom is 0.231 e. The van der Waals surface area contributed by atoms with Gasteiger partial charge in [-0.15, -0.1) is 0 Å². The number of aromatic nitrogens is 2. The Kier molecular flexibility index (Phi) is 9.26. The Labute approximate surface area is 246 Å². The van der Waals surface area contributed by atoms with Crippen molar-refractivity contribution < 1.29 is 19.4 Å². The van der Waals surface area contributed by atoms with Crippen LogP contribution in [0.3, 0.4) is 0 Å². The maximum atomic E-state index is 12.9. The third-order valence-corrected chi connectivity index (χ3v) is 7.59. The van der Waals surface area contributed by atoms with E-state index in [0.29, 0.717) is 31.9 Å². The lowest BCUT2D eigenvalue weighted by molar-refractivity contribution is -0.127. The molecule has 1 aliphatic rings. The molecule has 0 bridgehead atoms. The zero-order valence-electron chi connectivity index (χ0n) is 23.6. The molecule has 2 aromatic heterocycles. The number of nitrogens with one attached hydrogen (secondary N) is 1. The molecule has 0 radical (unpaired) electrons. The second-order valence-corrected chi connectivity index (χ2v) is 10.6. The Morgan fingerprint density at radius 3 is 2.48 bits per heavy atom.